The van der Waals surface area contributed by atoms with Crippen LogP contribution in [0.4, 0.5) is 13.6 Å². The molecule has 0 spiro atoms. The van der Waals surface area contributed by atoms with Crippen molar-refractivity contribution in [2.24, 2.45) is 11.8 Å². The van der Waals surface area contributed by atoms with E-state index in [1.54, 1.807) is 22.8 Å². The minimum absolute atomic E-state index is 0.0883. The lowest BCUT2D eigenvalue weighted by molar-refractivity contribution is -0.140. The van der Waals surface area contributed by atoms with Gasteiger partial charge < -0.3 is 29.4 Å². The molecule has 2 aromatic rings. The van der Waals surface area contributed by atoms with Crippen LogP contribution in [0.1, 0.15) is 58.4 Å². The highest BCUT2D eigenvalue weighted by atomic mass is 19.3. The Morgan fingerprint density at radius 3 is 2.70 bits per heavy atom. The molecule has 43 heavy (non-hydrogen) atoms. The number of nitrogens with one attached hydrogen (secondary N) is 1. The summed E-state index contributed by atoms with van der Waals surface area (Å²) < 4.78 is 38.7. The van der Waals surface area contributed by atoms with E-state index in [2.05, 4.69) is 11.4 Å². The van der Waals surface area contributed by atoms with E-state index in [1.165, 1.54) is 6.26 Å². The maximum Gasteiger partial charge on any atom is 0.475 e. The predicted molar refractivity (Wildman–Crippen MR) is 156 cm³/mol. The Hall–Kier alpha value is -3.21. The summed E-state index contributed by atoms with van der Waals surface area (Å²) in [5.74, 6) is -5.53. The van der Waals surface area contributed by atoms with Gasteiger partial charge in [-0.15, -0.1) is 0 Å². The van der Waals surface area contributed by atoms with Crippen LogP contribution in [0, 0.1) is 23.2 Å². The van der Waals surface area contributed by atoms with Crippen LogP contribution in [0.5, 0.6) is 0 Å². The van der Waals surface area contributed by atoms with Gasteiger partial charge in [-0.2, -0.15) is 5.26 Å². The average Bonchev–Trinajstić information content (AvgIpc) is 3.54. The van der Waals surface area contributed by atoms with Crippen LogP contribution in [0.25, 0.3) is 11.0 Å². The van der Waals surface area contributed by atoms with Crippen molar-refractivity contribution in [3.8, 4) is 6.07 Å². The summed E-state index contributed by atoms with van der Waals surface area (Å²) in [4.78, 5) is 29.6. The highest BCUT2D eigenvalue weighted by Gasteiger charge is 2.45. The Balaban J connectivity index is 1.34. The van der Waals surface area contributed by atoms with Crippen molar-refractivity contribution in [2.45, 2.75) is 82.7 Å². The first kappa shape index (κ1) is 32.7. The molecule has 13 heteroatoms. The Morgan fingerprint density at radius 2 is 2.02 bits per heavy atom. The lowest BCUT2D eigenvalue weighted by atomic mass is 9.76. The number of carbonyl (C=O) groups is 2. The molecule has 10 nitrogen and oxygen atoms in total. The van der Waals surface area contributed by atoms with Crippen LogP contribution >= 0.6 is 0 Å². The summed E-state index contributed by atoms with van der Waals surface area (Å²) in [7, 11) is -1.86. The van der Waals surface area contributed by atoms with E-state index in [1.807, 2.05) is 32.0 Å². The minimum atomic E-state index is -2.73. The van der Waals surface area contributed by atoms with Gasteiger partial charge in [-0.05, 0) is 63.5 Å². The Morgan fingerprint density at radius 1 is 1.28 bits per heavy atom. The molecule has 0 saturated carbocycles. The zero-order valence-electron chi connectivity index (χ0n) is 25.0. The number of carbonyl (C=O) groups excluding carboxylic acids is 2. The Labute approximate surface area is 251 Å². The second kappa shape index (κ2) is 13.6. The zero-order valence-corrected chi connectivity index (χ0v) is 25.0. The Kier molecular flexibility index (Phi) is 10.4. The highest BCUT2D eigenvalue weighted by Crippen LogP contribution is 2.36. The Bertz CT molecular complexity index is 1320. The van der Waals surface area contributed by atoms with Crippen molar-refractivity contribution < 1.29 is 37.6 Å². The summed E-state index contributed by atoms with van der Waals surface area (Å²) in [6.07, 6.45) is 3.05. The topological polar surface area (TPSA) is 139 Å². The molecular formula is C30H41BF2N4O6. The van der Waals surface area contributed by atoms with Gasteiger partial charge in [-0.1, -0.05) is 25.1 Å². The van der Waals surface area contributed by atoms with Gasteiger partial charge in [0.15, 0.2) is 0 Å². The summed E-state index contributed by atoms with van der Waals surface area (Å²) >= 11 is 0. The molecule has 4 rings (SSSR count). The number of para-hydroxylation sites is 1. The monoisotopic (exact) mass is 602 g/mol. The predicted octanol–water partition coefficient (Wildman–Crippen LogP) is 3.75. The number of hydrogen-bond donors (Lipinski definition) is 3. The summed E-state index contributed by atoms with van der Waals surface area (Å²) in [6, 6.07) is 8.97. The lowest BCUT2D eigenvalue weighted by Crippen LogP contribution is -2.52. The smallest absolute Gasteiger partial charge is 0.464 e. The molecule has 0 radical (unpaired) electrons. The number of piperidine rings is 1. The van der Waals surface area contributed by atoms with Crippen LogP contribution in [0.2, 0.25) is 0 Å². The third kappa shape index (κ3) is 8.05. The fourth-order valence-electron chi connectivity index (χ4n) is 6.38. The number of rotatable bonds is 11. The maximum atomic E-state index is 13.9. The number of alkyl carbamates (subject to hydrolysis) is 1. The number of furan rings is 1. The van der Waals surface area contributed by atoms with Crippen molar-refractivity contribution in [1.29, 1.82) is 5.26 Å². The number of alkyl halides is 2. The fraction of sp³-hybridized carbons (Fsp3) is 0.633. The molecule has 2 aliphatic rings. The van der Waals surface area contributed by atoms with Gasteiger partial charge in [0.05, 0.1) is 30.9 Å². The molecule has 2 unspecified atom stereocenters. The molecule has 234 valence electrons. The van der Waals surface area contributed by atoms with Gasteiger partial charge in [-0.3, -0.25) is 9.69 Å². The van der Waals surface area contributed by atoms with Gasteiger partial charge in [0.25, 0.3) is 5.92 Å². The number of likely N-dealkylation sites (tertiary alicyclic amines) is 2. The van der Waals surface area contributed by atoms with Crippen molar-refractivity contribution >= 4 is 30.1 Å². The zero-order chi connectivity index (χ0) is 31.4. The van der Waals surface area contributed by atoms with Gasteiger partial charge >= 0.3 is 13.2 Å². The molecule has 2 amide bonds. The van der Waals surface area contributed by atoms with E-state index < -0.39 is 42.6 Å². The third-order valence-corrected chi connectivity index (χ3v) is 8.80. The number of benzene rings is 1. The van der Waals surface area contributed by atoms with Crippen molar-refractivity contribution in [2.75, 3.05) is 26.2 Å². The maximum absolute atomic E-state index is 13.9. The van der Waals surface area contributed by atoms with E-state index in [0.29, 0.717) is 30.5 Å². The van der Waals surface area contributed by atoms with Gasteiger partial charge in [0, 0.05) is 30.4 Å². The normalized spacial score (nSPS) is 21.2. The molecule has 3 N–H and O–H groups in total. The van der Waals surface area contributed by atoms with Crippen LogP contribution in [-0.4, -0.2) is 88.7 Å². The molecule has 1 aromatic carbocycles. The molecule has 1 aromatic heterocycles. The largest absolute Gasteiger partial charge is 0.475 e. The molecular weight excluding hydrogens is 561 g/mol. The van der Waals surface area contributed by atoms with Gasteiger partial charge in [-0.25, -0.2) is 13.6 Å². The van der Waals surface area contributed by atoms with E-state index in [4.69, 9.17) is 9.15 Å². The molecule has 2 saturated heterocycles. The number of amides is 2. The standard InChI is InChI=1S/C30H41BF2N4O6/c1-20(15-29(2,3)36-13-11-30(32,33)19-36)24(16-34)27(38)37-12-7-6-8-22(37)18-43-28(39)35-26(31(40)41)14-21-17-42-25-10-5-4-9-23(21)25/h4-5,9-10,17,20,22,24,26,40-41H,6-8,11-15,18-19H2,1-3H3,(H,35,39)/t20?,22-,24?,26+/m1/s1. The first-order valence-corrected chi connectivity index (χ1v) is 14.9. The van der Waals surface area contributed by atoms with Crippen LogP contribution in [0.15, 0.2) is 34.9 Å². The number of ether oxygens (including phenoxy) is 1. The number of nitriles is 1. The third-order valence-electron chi connectivity index (χ3n) is 8.80. The summed E-state index contributed by atoms with van der Waals surface area (Å²) in [5.41, 5.74) is 0.712. The second-order valence-electron chi connectivity index (χ2n) is 12.5. The quantitative estimate of drug-likeness (QED) is 0.331. The van der Waals surface area contributed by atoms with E-state index >= 15 is 0 Å². The first-order valence-electron chi connectivity index (χ1n) is 14.9. The molecule has 2 fully saturated rings. The van der Waals surface area contributed by atoms with E-state index in [9.17, 15) is 33.7 Å². The average molecular weight is 602 g/mol. The SMILES string of the molecule is CC(CC(C)(C)N1CCC(F)(F)C1)C(C#N)C(=O)N1CCCC[C@@H]1COC(=O)N[C@@H](Cc1coc2ccccc12)B(O)O. The van der Waals surface area contributed by atoms with Gasteiger partial charge in [0.1, 0.15) is 18.1 Å². The number of halogens is 2. The number of nitrogens with zero attached hydrogens (tertiary/aromatic N) is 3. The molecule has 2 aliphatic heterocycles. The summed E-state index contributed by atoms with van der Waals surface area (Å²) in [6.45, 7) is 5.75. The van der Waals surface area contributed by atoms with E-state index in [-0.39, 0.29) is 44.4 Å². The van der Waals surface area contributed by atoms with Gasteiger partial charge in [0.2, 0.25) is 5.91 Å². The number of hydrogen-bond acceptors (Lipinski definition) is 8. The highest BCUT2D eigenvalue weighted by molar-refractivity contribution is 6.43. The molecule has 0 bridgehead atoms. The molecule has 0 aliphatic carbocycles. The number of fused-ring (bicyclic) bond motifs is 1. The van der Waals surface area contributed by atoms with Crippen LogP contribution in [0.3, 0.4) is 0 Å². The molecule has 4 atom stereocenters. The van der Waals surface area contributed by atoms with Crippen LogP contribution < -0.4 is 5.32 Å². The lowest BCUT2D eigenvalue weighted by Gasteiger charge is -2.40. The van der Waals surface area contributed by atoms with Crippen molar-refractivity contribution in [1.82, 2.24) is 15.1 Å². The second-order valence-corrected chi connectivity index (χ2v) is 12.5. The molecule has 3 heterocycles. The summed E-state index contributed by atoms with van der Waals surface area (Å²) in [5, 5.41) is 33.1. The van der Waals surface area contributed by atoms with Crippen molar-refractivity contribution in [3.63, 3.8) is 0 Å². The van der Waals surface area contributed by atoms with Crippen molar-refractivity contribution in [3.05, 3.63) is 36.1 Å². The van der Waals surface area contributed by atoms with E-state index in [0.717, 1.165) is 18.2 Å². The minimum Gasteiger partial charge on any atom is -0.464 e. The van der Waals surface area contributed by atoms with Crippen LogP contribution in [-0.2, 0) is 16.0 Å². The fourth-order valence-corrected chi connectivity index (χ4v) is 6.38. The first-order chi connectivity index (χ1) is 20.3.